The number of rotatable bonds is 4. The quantitative estimate of drug-likeness (QED) is 0.440. The predicted molar refractivity (Wildman–Crippen MR) is 59.4 cm³/mol. The number of methoxy groups -OCH3 is 2. The van der Waals surface area contributed by atoms with E-state index in [1.165, 1.54) is 26.4 Å². The average molecular weight is 220 g/mol. The molecule has 4 nitrogen and oxygen atoms in total. The Kier molecular flexibility index (Phi) is 4.27. The van der Waals surface area contributed by atoms with Gasteiger partial charge in [0.1, 0.15) is 12.0 Å². The Morgan fingerprint density at radius 1 is 1.31 bits per heavy atom. The lowest BCUT2D eigenvalue weighted by Crippen LogP contribution is -1.94. The van der Waals surface area contributed by atoms with Crippen molar-refractivity contribution in [3.63, 3.8) is 0 Å². The van der Waals surface area contributed by atoms with E-state index in [9.17, 15) is 9.59 Å². The molecular weight excluding hydrogens is 208 g/mol. The molecular formula is C12H12O4. The first-order valence-electron chi connectivity index (χ1n) is 4.60. The number of carbonyl (C=O) groups is 2. The van der Waals surface area contributed by atoms with Crippen molar-refractivity contribution in [1.29, 1.82) is 0 Å². The zero-order valence-electron chi connectivity index (χ0n) is 9.10. The lowest BCUT2D eigenvalue weighted by Gasteiger charge is -2.04. The number of hydrogen-bond donors (Lipinski definition) is 0. The molecule has 1 aromatic carbocycles. The molecule has 16 heavy (non-hydrogen) atoms. The van der Waals surface area contributed by atoms with Crippen LogP contribution in [0.1, 0.15) is 15.9 Å². The summed E-state index contributed by atoms with van der Waals surface area (Å²) in [6, 6.07) is 4.94. The topological polar surface area (TPSA) is 52.6 Å². The molecule has 1 rings (SSSR count). The lowest BCUT2D eigenvalue weighted by molar-refractivity contribution is -0.134. The van der Waals surface area contributed by atoms with Gasteiger partial charge >= 0.3 is 5.97 Å². The van der Waals surface area contributed by atoms with Gasteiger partial charge in [0, 0.05) is 17.2 Å². The van der Waals surface area contributed by atoms with Gasteiger partial charge in [0.25, 0.3) is 0 Å². The van der Waals surface area contributed by atoms with Crippen LogP contribution in [0.4, 0.5) is 0 Å². The molecule has 0 aliphatic rings. The normalized spacial score (nSPS) is 10.1. The predicted octanol–water partition coefficient (Wildman–Crippen LogP) is 1.69. The highest BCUT2D eigenvalue weighted by Gasteiger charge is 2.02. The van der Waals surface area contributed by atoms with E-state index in [-0.39, 0.29) is 0 Å². The lowest BCUT2D eigenvalue weighted by atomic mass is 10.1. The smallest absolute Gasteiger partial charge is 0.330 e. The largest absolute Gasteiger partial charge is 0.496 e. The molecule has 0 amide bonds. The van der Waals surface area contributed by atoms with Gasteiger partial charge in [-0.1, -0.05) is 0 Å². The maximum absolute atomic E-state index is 10.9. The summed E-state index contributed by atoms with van der Waals surface area (Å²) in [5, 5.41) is 0. The molecule has 0 saturated heterocycles. The second kappa shape index (κ2) is 5.70. The van der Waals surface area contributed by atoms with Crippen LogP contribution in [-0.4, -0.2) is 26.5 Å². The minimum absolute atomic E-state index is 0.460. The van der Waals surface area contributed by atoms with Crippen LogP contribution >= 0.6 is 0 Å². The summed E-state index contributed by atoms with van der Waals surface area (Å²) < 4.78 is 9.56. The molecule has 0 N–H and O–H groups in total. The third-order valence-electron chi connectivity index (χ3n) is 1.99. The van der Waals surface area contributed by atoms with E-state index >= 15 is 0 Å². The Hall–Kier alpha value is -2.10. The minimum Gasteiger partial charge on any atom is -0.496 e. The van der Waals surface area contributed by atoms with Crippen LogP contribution in [0.15, 0.2) is 24.3 Å². The highest BCUT2D eigenvalue weighted by Crippen LogP contribution is 2.20. The molecule has 1 aromatic rings. The van der Waals surface area contributed by atoms with Gasteiger partial charge in [-0.15, -0.1) is 0 Å². The van der Waals surface area contributed by atoms with Crippen molar-refractivity contribution in [2.24, 2.45) is 0 Å². The first kappa shape index (κ1) is 12.0. The van der Waals surface area contributed by atoms with E-state index < -0.39 is 5.97 Å². The summed E-state index contributed by atoms with van der Waals surface area (Å²) in [7, 11) is 2.82. The Bertz CT molecular complexity index is 421. The fraction of sp³-hybridized carbons (Fsp3) is 0.167. The average Bonchev–Trinajstić information content (AvgIpc) is 2.35. The SMILES string of the molecule is COC(=O)/C=C/c1cc(C=O)ccc1OC. The molecule has 0 aliphatic carbocycles. The molecule has 0 radical (unpaired) electrons. The summed E-state index contributed by atoms with van der Waals surface area (Å²) in [6.45, 7) is 0. The molecule has 0 aromatic heterocycles. The molecule has 0 aliphatic heterocycles. The molecule has 0 bridgehead atoms. The third-order valence-corrected chi connectivity index (χ3v) is 1.99. The van der Waals surface area contributed by atoms with Crippen molar-refractivity contribution < 1.29 is 19.1 Å². The van der Waals surface area contributed by atoms with E-state index in [1.807, 2.05) is 0 Å². The maximum atomic E-state index is 10.9. The molecule has 84 valence electrons. The van der Waals surface area contributed by atoms with E-state index in [1.54, 1.807) is 18.2 Å². The summed E-state index contributed by atoms with van der Waals surface area (Å²) in [5.41, 5.74) is 1.17. The molecule has 0 saturated carbocycles. The van der Waals surface area contributed by atoms with Crippen LogP contribution in [0.25, 0.3) is 6.08 Å². The van der Waals surface area contributed by atoms with Crippen LogP contribution in [0.5, 0.6) is 5.75 Å². The number of carbonyl (C=O) groups excluding carboxylic acids is 2. The van der Waals surface area contributed by atoms with Gasteiger partial charge in [-0.2, -0.15) is 0 Å². The standard InChI is InChI=1S/C12H12O4/c1-15-11-5-3-9(8-13)7-10(11)4-6-12(14)16-2/h3-8H,1-2H3/b6-4+. The molecule has 0 atom stereocenters. The first-order valence-corrected chi connectivity index (χ1v) is 4.60. The number of esters is 1. The van der Waals surface area contributed by atoms with Crippen LogP contribution in [0.2, 0.25) is 0 Å². The van der Waals surface area contributed by atoms with Gasteiger partial charge in [-0.25, -0.2) is 4.79 Å². The van der Waals surface area contributed by atoms with Crippen molar-refractivity contribution in [3.05, 3.63) is 35.4 Å². The highest BCUT2D eigenvalue weighted by molar-refractivity contribution is 5.88. The number of hydrogen-bond acceptors (Lipinski definition) is 4. The zero-order valence-corrected chi connectivity index (χ0v) is 9.10. The fourth-order valence-electron chi connectivity index (χ4n) is 1.18. The summed E-state index contributed by atoms with van der Waals surface area (Å²) in [5.74, 6) is 0.129. The van der Waals surface area contributed by atoms with Crippen LogP contribution < -0.4 is 4.74 Å². The van der Waals surface area contributed by atoms with Crippen LogP contribution in [0.3, 0.4) is 0 Å². The summed E-state index contributed by atoms with van der Waals surface area (Å²) in [4.78, 5) is 21.5. The van der Waals surface area contributed by atoms with Crippen LogP contribution in [0, 0.1) is 0 Å². The second-order valence-corrected chi connectivity index (χ2v) is 2.98. The molecule has 0 fully saturated rings. The Balaban J connectivity index is 3.04. The van der Waals surface area contributed by atoms with E-state index in [2.05, 4.69) is 4.74 Å². The highest BCUT2D eigenvalue weighted by atomic mass is 16.5. The monoisotopic (exact) mass is 220 g/mol. The summed E-state index contributed by atoms with van der Waals surface area (Å²) >= 11 is 0. The fourth-order valence-corrected chi connectivity index (χ4v) is 1.18. The van der Waals surface area contributed by atoms with Gasteiger partial charge in [0.05, 0.1) is 14.2 Å². The van der Waals surface area contributed by atoms with Gasteiger partial charge in [0.15, 0.2) is 0 Å². The van der Waals surface area contributed by atoms with Crippen molar-refractivity contribution in [2.75, 3.05) is 14.2 Å². The van der Waals surface area contributed by atoms with Gasteiger partial charge in [-0.05, 0) is 24.3 Å². The molecule has 0 spiro atoms. The van der Waals surface area contributed by atoms with E-state index in [0.29, 0.717) is 16.9 Å². The molecule has 0 heterocycles. The number of benzene rings is 1. The maximum Gasteiger partial charge on any atom is 0.330 e. The number of aldehydes is 1. The zero-order chi connectivity index (χ0) is 12.0. The Morgan fingerprint density at radius 2 is 2.06 bits per heavy atom. The summed E-state index contributed by atoms with van der Waals surface area (Å²) in [6.07, 6.45) is 3.54. The minimum atomic E-state index is -0.460. The third kappa shape index (κ3) is 2.95. The number of ether oxygens (including phenoxy) is 2. The molecule has 4 heteroatoms. The van der Waals surface area contributed by atoms with E-state index in [4.69, 9.17) is 4.74 Å². The Labute approximate surface area is 93.5 Å². The van der Waals surface area contributed by atoms with Crippen molar-refractivity contribution in [3.8, 4) is 5.75 Å². The first-order chi connectivity index (χ1) is 7.71. The van der Waals surface area contributed by atoms with Crippen LogP contribution in [-0.2, 0) is 9.53 Å². The molecule has 0 unspecified atom stereocenters. The van der Waals surface area contributed by atoms with E-state index in [0.717, 1.165) is 6.29 Å². The van der Waals surface area contributed by atoms with Gasteiger partial charge in [0.2, 0.25) is 0 Å². The van der Waals surface area contributed by atoms with Crippen molar-refractivity contribution >= 4 is 18.3 Å². The van der Waals surface area contributed by atoms with Crippen molar-refractivity contribution in [1.82, 2.24) is 0 Å². The van der Waals surface area contributed by atoms with Gasteiger partial charge < -0.3 is 9.47 Å². The Morgan fingerprint density at radius 3 is 2.62 bits per heavy atom. The second-order valence-electron chi connectivity index (χ2n) is 2.98. The van der Waals surface area contributed by atoms with Gasteiger partial charge in [-0.3, -0.25) is 4.79 Å². The van der Waals surface area contributed by atoms with Crippen molar-refractivity contribution in [2.45, 2.75) is 0 Å².